The highest BCUT2D eigenvalue weighted by atomic mass is 16.5. The number of hydrogen-bond donors (Lipinski definition) is 2. The Bertz CT molecular complexity index is 907. The van der Waals surface area contributed by atoms with E-state index in [2.05, 4.69) is 34.1 Å². The van der Waals surface area contributed by atoms with E-state index in [0.29, 0.717) is 32.3 Å². The summed E-state index contributed by atoms with van der Waals surface area (Å²) in [4.78, 5) is 9.18. The van der Waals surface area contributed by atoms with Crippen molar-refractivity contribution in [2.45, 2.75) is 85.0 Å². The smallest absolute Gasteiger partial charge is 0.293 e. The predicted octanol–water partition coefficient (Wildman–Crippen LogP) is 5.06. The van der Waals surface area contributed by atoms with Crippen molar-refractivity contribution in [3.63, 3.8) is 0 Å². The maximum atomic E-state index is 10.3. The first-order valence-electron chi connectivity index (χ1n) is 12.7. The zero-order valence-corrected chi connectivity index (χ0v) is 21.6. The van der Waals surface area contributed by atoms with Gasteiger partial charge in [-0.05, 0) is 61.9 Å². The van der Waals surface area contributed by atoms with Gasteiger partial charge in [0.2, 0.25) is 0 Å². The minimum atomic E-state index is -0.0576. The third-order valence-electron chi connectivity index (χ3n) is 6.11. The molecule has 0 radical (unpaired) electrons. The van der Waals surface area contributed by atoms with Crippen molar-refractivity contribution in [1.29, 1.82) is 0 Å². The first-order chi connectivity index (χ1) is 17.1. The molecule has 194 valence electrons. The minimum absolute atomic E-state index is 0.0576. The van der Waals surface area contributed by atoms with Crippen LogP contribution < -0.4 is 10.1 Å². The lowest BCUT2D eigenvalue weighted by atomic mass is 9.95. The summed E-state index contributed by atoms with van der Waals surface area (Å²) in [6, 6.07) is 6.29. The number of fused-ring (bicyclic) bond motifs is 3. The molecule has 1 aliphatic heterocycles. The standard InChI is InChI=1S/C24H35N3O3.C3H6O2/c1-4-6-7-9-18(5-2)25-24-22(15-28)21-10-8-13-30-16-17-14-19(29-3)11-12-20(17)23(21)26-27-24;1-2-5-3-4/h11-12,14,18,28H,4-10,13,15-16H2,1-3H3,(H,25,27);3H,2H2,1H3. The number of carbonyl (C=O) groups excluding carboxylic acids is 1. The molecular formula is C27H41N3O5. The number of methoxy groups -OCH3 is 1. The number of aromatic nitrogens is 2. The van der Waals surface area contributed by atoms with Gasteiger partial charge < -0.3 is 24.6 Å². The zero-order valence-electron chi connectivity index (χ0n) is 21.6. The van der Waals surface area contributed by atoms with Crippen LogP contribution in [0.4, 0.5) is 5.82 Å². The van der Waals surface area contributed by atoms with Crippen molar-refractivity contribution in [2.24, 2.45) is 0 Å². The molecule has 8 nitrogen and oxygen atoms in total. The van der Waals surface area contributed by atoms with Gasteiger partial charge in [-0.3, -0.25) is 4.79 Å². The highest BCUT2D eigenvalue weighted by Crippen LogP contribution is 2.34. The summed E-state index contributed by atoms with van der Waals surface area (Å²) in [7, 11) is 1.66. The van der Waals surface area contributed by atoms with Crippen molar-refractivity contribution in [3.8, 4) is 17.0 Å². The lowest BCUT2D eigenvalue weighted by molar-refractivity contribution is -0.128. The number of carbonyl (C=O) groups is 1. The van der Waals surface area contributed by atoms with Crippen LogP contribution in [-0.2, 0) is 33.9 Å². The van der Waals surface area contributed by atoms with Gasteiger partial charge in [-0.25, -0.2) is 0 Å². The summed E-state index contributed by atoms with van der Waals surface area (Å²) in [6.45, 7) is 8.20. The summed E-state index contributed by atoms with van der Waals surface area (Å²) in [5.41, 5.74) is 4.79. The molecule has 35 heavy (non-hydrogen) atoms. The van der Waals surface area contributed by atoms with Crippen LogP contribution in [0.1, 0.15) is 76.0 Å². The molecule has 2 aromatic rings. The monoisotopic (exact) mass is 487 g/mol. The van der Waals surface area contributed by atoms with Crippen LogP contribution in [0.3, 0.4) is 0 Å². The van der Waals surface area contributed by atoms with Gasteiger partial charge in [0.05, 0.1) is 32.6 Å². The van der Waals surface area contributed by atoms with Crippen LogP contribution >= 0.6 is 0 Å². The number of hydrogen-bond acceptors (Lipinski definition) is 8. The van der Waals surface area contributed by atoms with Gasteiger partial charge >= 0.3 is 0 Å². The second-order valence-corrected chi connectivity index (χ2v) is 8.49. The van der Waals surface area contributed by atoms with Crippen LogP contribution in [0.2, 0.25) is 0 Å². The van der Waals surface area contributed by atoms with Gasteiger partial charge in [0.15, 0.2) is 5.82 Å². The molecule has 1 atom stereocenters. The third-order valence-corrected chi connectivity index (χ3v) is 6.11. The van der Waals surface area contributed by atoms with E-state index < -0.39 is 0 Å². The fraction of sp³-hybridized carbons (Fsp3) is 0.593. The van der Waals surface area contributed by atoms with E-state index in [1.165, 1.54) is 19.3 Å². The van der Waals surface area contributed by atoms with E-state index in [0.717, 1.165) is 65.2 Å². The lowest BCUT2D eigenvalue weighted by Crippen LogP contribution is -2.21. The Morgan fingerprint density at radius 1 is 1.23 bits per heavy atom. The molecule has 0 amide bonds. The highest BCUT2D eigenvalue weighted by Gasteiger charge is 2.22. The van der Waals surface area contributed by atoms with Crippen LogP contribution in [0, 0.1) is 0 Å². The average molecular weight is 488 g/mol. The molecule has 1 aromatic carbocycles. The van der Waals surface area contributed by atoms with Gasteiger partial charge in [-0.15, -0.1) is 10.2 Å². The molecule has 0 bridgehead atoms. The molecule has 2 heterocycles. The first kappa shape index (κ1) is 28.5. The van der Waals surface area contributed by atoms with Gasteiger partial charge in [-0.1, -0.05) is 33.1 Å². The van der Waals surface area contributed by atoms with Crippen LogP contribution in [0.15, 0.2) is 18.2 Å². The number of aliphatic hydroxyl groups is 1. The van der Waals surface area contributed by atoms with Gasteiger partial charge in [-0.2, -0.15) is 0 Å². The van der Waals surface area contributed by atoms with Gasteiger partial charge in [0.1, 0.15) is 5.75 Å². The number of aliphatic hydroxyl groups excluding tert-OH is 1. The Balaban J connectivity index is 0.000000784. The van der Waals surface area contributed by atoms with E-state index in [1.807, 2.05) is 18.2 Å². The molecule has 0 saturated heterocycles. The van der Waals surface area contributed by atoms with E-state index >= 15 is 0 Å². The van der Waals surface area contributed by atoms with Crippen LogP contribution in [0.25, 0.3) is 11.3 Å². The third kappa shape index (κ3) is 8.47. The number of rotatable bonds is 11. The summed E-state index contributed by atoms with van der Waals surface area (Å²) < 4.78 is 15.4. The first-order valence-corrected chi connectivity index (χ1v) is 12.7. The number of anilines is 1. The molecule has 2 N–H and O–H groups in total. The van der Waals surface area contributed by atoms with E-state index in [-0.39, 0.29) is 6.61 Å². The van der Waals surface area contributed by atoms with Crippen molar-refractivity contribution in [2.75, 3.05) is 25.6 Å². The van der Waals surface area contributed by atoms with Crippen molar-refractivity contribution in [1.82, 2.24) is 10.2 Å². The van der Waals surface area contributed by atoms with Crippen LogP contribution in [-0.4, -0.2) is 48.1 Å². The quantitative estimate of drug-likeness (QED) is 0.335. The summed E-state index contributed by atoms with van der Waals surface area (Å²) >= 11 is 0. The Hall–Kier alpha value is -2.71. The average Bonchev–Trinajstić information content (AvgIpc) is 2.97. The fourth-order valence-corrected chi connectivity index (χ4v) is 4.14. The summed E-state index contributed by atoms with van der Waals surface area (Å²) in [6.07, 6.45) is 7.44. The maximum absolute atomic E-state index is 10.3. The molecule has 1 unspecified atom stereocenters. The summed E-state index contributed by atoms with van der Waals surface area (Å²) in [5, 5.41) is 23.0. The second-order valence-electron chi connectivity index (χ2n) is 8.49. The normalized spacial score (nSPS) is 13.5. The minimum Gasteiger partial charge on any atom is -0.497 e. The van der Waals surface area contributed by atoms with Gasteiger partial charge in [0, 0.05) is 23.8 Å². The number of nitrogens with zero attached hydrogens (tertiary/aromatic N) is 2. The van der Waals surface area contributed by atoms with Crippen molar-refractivity contribution >= 4 is 12.3 Å². The molecule has 0 spiro atoms. The molecule has 0 saturated carbocycles. The topological polar surface area (TPSA) is 103 Å². The molecule has 0 aliphatic carbocycles. The largest absolute Gasteiger partial charge is 0.497 e. The molecule has 8 heteroatoms. The van der Waals surface area contributed by atoms with E-state index in [9.17, 15) is 9.90 Å². The van der Waals surface area contributed by atoms with Crippen LogP contribution in [0.5, 0.6) is 5.75 Å². The summed E-state index contributed by atoms with van der Waals surface area (Å²) in [5.74, 6) is 1.51. The maximum Gasteiger partial charge on any atom is 0.293 e. The Morgan fingerprint density at radius 3 is 2.69 bits per heavy atom. The number of benzene rings is 1. The number of unbranched alkanes of at least 4 members (excludes halogenated alkanes) is 2. The SMILES string of the molecule is CCCCCC(CC)Nc1nnc2c(c1CO)CCCOCc1cc(OC)ccc1-2.CCOC=O. The Kier molecular flexibility index (Phi) is 13.1. The molecule has 0 fully saturated rings. The zero-order chi connectivity index (χ0) is 25.5. The molecule has 1 aliphatic rings. The van der Waals surface area contributed by atoms with E-state index in [4.69, 9.17) is 9.47 Å². The lowest BCUT2D eigenvalue weighted by Gasteiger charge is -2.22. The molecule has 3 rings (SSSR count). The van der Waals surface area contributed by atoms with E-state index in [1.54, 1.807) is 14.0 Å². The van der Waals surface area contributed by atoms with Crippen molar-refractivity contribution in [3.05, 3.63) is 34.9 Å². The Morgan fingerprint density at radius 2 is 2.06 bits per heavy atom. The number of ether oxygens (including phenoxy) is 3. The fourth-order valence-electron chi connectivity index (χ4n) is 4.14. The van der Waals surface area contributed by atoms with Gasteiger partial charge in [0.25, 0.3) is 6.47 Å². The number of nitrogens with one attached hydrogen (secondary N) is 1. The second kappa shape index (κ2) is 16.1. The van der Waals surface area contributed by atoms with Crippen molar-refractivity contribution < 1.29 is 24.1 Å². The molecular weight excluding hydrogens is 446 g/mol. The predicted molar refractivity (Wildman–Crippen MR) is 137 cm³/mol. The molecule has 1 aromatic heterocycles. The Labute approximate surface area is 209 Å². The highest BCUT2D eigenvalue weighted by molar-refractivity contribution is 5.71.